The molecule has 0 amide bonds. The van der Waals surface area contributed by atoms with Crippen LogP contribution in [0.5, 0.6) is 5.75 Å². The fraction of sp³-hybridized carbons (Fsp3) is 0.100. The highest BCUT2D eigenvalue weighted by Gasteiger charge is 2.14. The van der Waals surface area contributed by atoms with Gasteiger partial charge in [-0.25, -0.2) is 9.97 Å². The minimum Gasteiger partial charge on any atom is -0.497 e. The second kappa shape index (κ2) is 6.78. The normalized spacial score (nSPS) is 10.8. The molecular formula is C20H16N2OS2. The van der Waals surface area contributed by atoms with Crippen molar-refractivity contribution in [3.05, 3.63) is 65.7 Å². The van der Waals surface area contributed by atoms with E-state index in [4.69, 9.17) is 14.7 Å². The van der Waals surface area contributed by atoms with Crippen molar-refractivity contribution >= 4 is 22.7 Å². The van der Waals surface area contributed by atoms with Crippen LogP contribution < -0.4 is 4.74 Å². The summed E-state index contributed by atoms with van der Waals surface area (Å²) < 4.78 is 5.22. The van der Waals surface area contributed by atoms with Gasteiger partial charge in [-0.3, -0.25) is 0 Å². The van der Waals surface area contributed by atoms with Gasteiger partial charge in [0, 0.05) is 16.5 Å². The zero-order valence-corrected chi connectivity index (χ0v) is 15.5. The van der Waals surface area contributed by atoms with Crippen molar-refractivity contribution in [2.24, 2.45) is 0 Å². The number of hydrogen-bond donors (Lipinski definition) is 0. The molecule has 0 aliphatic rings. The number of nitrogens with zero attached hydrogens (tertiary/aromatic N) is 2. The van der Waals surface area contributed by atoms with E-state index in [1.54, 1.807) is 29.8 Å². The third-order valence-corrected chi connectivity index (χ3v) is 6.01. The molecule has 0 bridgehead atoms. The number of thiazole rings is 2. The molecule has 3 nitrogen and oxygen atoms in total. The second-order valence-electron chi connectivity index (χ2n) is 5.57. The third-order valence-electron chi connectivity index (χ3n) is 3.89. The number of aryl methyl sites for hydroxylation is 1. The highest BCUT2D eigenvalue weighted by Crippen LogP contribution is 2.37. The summed E-state index contributed by atoms with van der Waals surface area (Å²) in [6.07, 6.45) is 0. The monoisotopic (exact) mass is 364 g/mol. The van der Waals surface area contributed by atoms with E-state index in [0.29, 0.717) is 0 Å². The predicted octanol–water partition coefficient (Wildman–Crippen LogP) is 5.92. The van der Waals surface area contributed by atoms with Gasteiger partial charge in [-0.1, -0.05) is 30.3 Å². The molecule has 0 aliphatic carbocycles. The van der Waals surface area contributed by atoms with Crippen molar-refractivity contribution in [3.63, 3.8) is 0 Å². The van der Waals surface area contributed by atoms with Gasteiger partial charge < -0.3 is 4.74 Å². The Morgan fingerprint density at radius 1 is 0.840 bits per heavy atom. The van der Waals surface area contributed by atoms with Gasteiger partial charge in [0.1, 0.15) is 15.8 Å². The lowest BCUT2D eigenvalue weighted by atomic mass is 10.2. The number of ether oxygens (including phenoxy) is 1. The first kappa shape index (κ1) is 16.0. The van der Waals surface area contributed by atoms with Crippen LogP contribution in [0.4, 0.5) is 0 Å². The predicted molar refractivity (Wildman–Crippen MR) is 105 cm³/mol. The molecule has 0 saturated carbocycles. The van der Waals surface area contributed by atoms with E-state index in [9.17, 15) is 0 Å². The summed E-state index contributed by atoms with van der Waals surface area (Å²) in [5.74, 6) is 0.851. The molecule has 25 heavy (non-hydrogen) atoms. The van der Waals surface area contributed by atoms with Gasteiger partial charge in [0.15, 0.2) is 0 Å². The Morgan fingerprint density at radius 3 is 2.28 bits per heavy atom. The quantitative estimate of drug-likeness (QED) is 0.451. The van der Waals surface area contributed by atoms with Crippen LogP contribution in [0.2, 0.25) is 0 Å². The largest absolute Gasteiger partial charge is 0.497 e. The molecule has 4 rings (SSSR count). The van der Waals surface area contributed by atoms with Crippen LogP contribution >= 0.6 is 22.7 Å². The summed E-state index contributed by atoms with van der Waals surface area (Å²) in [5, 5.41) is 4.15. The summed E-state index contributed by atoms with van der Waals surface area (Å²) in [5.41, 5.74) is 4.26. The van der Waals surface area contributed by atoms with E-state index >= 15 is 0 Å². The molecule has 2 aromatic heterocycles. The maximum atomic E-state index is 5.22. The molecule has 0 N–H and O–H groups in total. The van der Waals surface area contributed by atoms with Gasteiger partial charge in [0.25, 0.3) is 0 Å². The third kappa shape index (κ3) is 3.21. The van der Waals surface area contributed by atoms with Crippen LogP contribution in [-0.4, -0.2) is 17.1 Å². The molecule has 5 heteroatoms. The van der Waals surface area contributed by atoms with Gasteiger partial charge in [-0.2, -0.15) is 0 Å². The van der Waals surface area contributed by atoms with Gasteiger partial charge in [0.2, 0.25) is 0 Å². The molecule has 0 saturated heterocycles. The summed E-state index contributed by atoms with van der Waals surface area (Å²) in [6.45, 7) is 2.04. The maximum absolute atomic E-state index is 5.22. The van der Waals surface area contributed by atoms with Crippen LogP contribution in [-0.2, 0) is 0 Å². The van der Waals surface area contributed by atoms with Crippen molar-refractivity contribution < 1.29 is 4.74 Å². The molecule has 0 fully saturated rings. The van der Waals surface area contributed by atoms with E-state index in [1.807, 2.05) is 49.4 Å². The summed E-state index contributed by atoms with van der Waals surface area (Å²) in [7, 11) is 1.67. The van der Waals surface area contributed by atoms with Gasteiger partial charge in [0.05, 0.1) is 23.4 Å². The average Bonchev–Trinajstić information content (AvgIpc) is 3.29. The fourth-order valence-electron chi connectivity index (χ4n) is 2.58. The first-order valence-electron chi connectivity index (χ1n) is 7.88. The van der Waals surface area contributed by atoms with Crippen molar-refractivity contribution in [2.75, 3.05) is 7.11 Å². The highest BCUT2D eigenvalue weighted by atomic mass is 32.1. The van der Waals surface area contributed by atoms with Crippen LogP contribution in [0, 0.1) is 6.92 Å². The van der Waals surface area contributed by atoms with Crippen molar-refractivity contribution in [1.29, 1.82) is 0 Å². The first-order valence-corrected chi connectivity index (χ1v) is 9.57. The SMILES string of the molecule is COc1ccc(-c2nc(C)c(-c3csc(-c4ccccc4)n3)s2)cc1. The molecule has 0 atom stereocenters. The summed E-state index contributed by atoms with van der Waals surface area (Å²) in [4.78, 5) is 10.7. The molecule has 2 aromatic carbocycles. The summed E-state index contributed by atoms with van der Waals surface area (Å²) in [6, 6.07) is 18.3. The van der Waals surface area contributed by atoms with Gasteiger partial charge >= 0.3 is 0 Å². The van der Waals surface area contributed by atoms with E-state index < -0.39 is 0 Å². The molecule has 0 radical (unpaired) electrons. The van der Waals surface area contributed by atoms with Crippen LogP contribution in [0.3, 0.4) is 0 Å². The minimum absolute atomic E-state index is 0.851. The van der Waals surface area contributed by atoms with Crippen molar-refractivity contribution in [3.8, 4) is 37.5 Å². The maximum Gasteiger partial charge on any atom is 0.124 e. The molecule has 0 spiro atoms. The number of benzene rings is 2. The lowest BCUT2D eigenvalue weighted by Crippen LogP contribution is -1.82. The van der Waals surface area contributed by atoms with Crippen LogP contribution in [0.25, 0.3) is 31.7 Å². The van der Waals surface area contributed by atoms with Crippen LogP contribution in [0.1, 0.15) is 5.69 Å². The second-order valence-corrected chi connectivity index (χ2v) is 7.42. The molecule has 4 aromatic rings. The van der Waals surface area contributed by atoms with Crippen LogP contribution in [0.15, 0.2) is 60.0 Å². The molecule has 0 aliphatic heterocycles. The van der Waals surface area contributed by atoms with Gasteiger partial charge in [-0.05, 0) is 31.2 Å². The highest BCUT2D eigenvalue weighted by molar-refractivity contribution is 7.19. The lowest BCUT2D eigenvalue weighted by Gasteiger charge is -1.99. The molecular weight excluding hydrogens is 348 g/mol. The van der Waals surface area contributed by atoms with Gasteiger partial charge in [-0.15, -0.1) is 22.7 Å². The number of hydrogen-bond acceptors (Lipinski definition) is 5. The Morgan fingerprint density at radius 2 is 1.56 bits per heavy atom. The van der Waals surface area contributed by atoms with Crippen molar-refractivity contribution in [2.45, 2.75) is 6.92 Å². The van der Waals surface area contributed by atoms with E-state index in [1.165, 1.54) is 0 Å². The molecule has 124 valence electrons. The smallest absolute Gasteiger partial charge is 0.124 e. The lowest BCUT2D eigenvalue weighted by molar-refractivity contribution is 0.415. The van der Waals surface area contributed by atoms with Crippen molar-refractivity contribution in [1.82, 2.24) is 9.97 Å². The Balaban J connectivity index is 1.67. The fourth-order valence-corrected chi connectivity index (χ4v) is 4.51. The number of methoxy groups -OCH3 is 1. The first-order chi connectivity index (χ1) is 12.2. The number of aromatic nitrogens is 2. The zero-order chi connectivity index (χ0) is 17.2. The molecule has 2 heterocycles. The Labute approximate surface area is 154 Å². The zero-order valence-electron chi connectivity index (χ0n) is 13.9. The Bertz CT molecular complexity index is 988. The Hall–Kier alpha value is -2.50. The van der Waals surface area contributed by atoms with E-state index in [-0.39, 0.29) is 0 Å². The minimum atomic E-state index is 0.851. The Kier molecular flexibility index (Phi) is 4.34. The van der Waals surface area contributed by atoms with E-state index in [0.717, 1.165) is 43.2 Å². The summed E-state index contributed by atoms with van der Waals surface area (Å²) >= 11 is 3.35. The topological polar surface area (TPSA) is 35.0 Å². The van der Waals surface area contributed by atoms with E-state index in [2.05, 4.69) is 17.5 Å². The number of rotatable bonds is 4. The standard InChI is InChI=1S/C20H16N2OS2/c1-13-18(17-12-24-19(22-17)14-6-4-3-5-7-14)25-20(21-13)15-8-10-16(23-2)11-9-15/h3-12H,1-2H3. The average molecular weight is 364 g/mol. The molecule has 0 unspecified atom stereocenters.